The van der Waals surface area contributed by atoms with Gasteiger partial charge in [-0.3, -0.25) is 9.78 Å². The van der Waals surface area contributed by atoms with Crippen LogP contribution in [0.15, 0.2) is 36.5 Å². The molecule has 0 saturated carbocycles. The molecule has 0 atom stereocenters. The molecule has 0 spiro atoms. The number of hydrogen-bond donors (Lipinski definition) is 0. The van der Waals surface area contributed by atoms with Gasteiger partial charge in [0.15, 0.2) is 0 Å². The van der Waals surface area contributed by atoms with E-state index in [4.69, 9.17) is 6.42 Å². The van der Waals surface area contributed by atoms with Crippen LogP contribution in [0.5, 0.6) is 0 Å². The van der Waals surface area contributed by atoms with E-state index < -0.39 is 5.95 Å². The third-order valence-electron chi connectivity index (χ3n) is 2.84. The number of amides is 1. The van der Waals surface area contributed by atoms with Gasteiger partial charge in [-0.25, -0.2) is 4.98 Å². The minimum absolute atomic E-state index is 0.145. The number of nitrogens with zero attached hydrogens (tertiary/aromatic N) is 3. The predicted molar refractivity (Wildman–Crippen MR) is 76.7 cm³/mol. The van der Waals surface area contributed by atoms with Gasteiger partial charge in [-0.1, -0.05) is 12.0 Å². The van der Waals surface area contributed by atoms with Crippen LogP contribution < -0.4 is 0 Å². The number of terminal acetylenes is 1. The summed E-state index contributed by atoms with van der Waals surface area (Å²) in [5.74, 6) is 1.52. The van der Waals surface area contributed by atoms with Crippen LogP contribution >= 0.6 is 0 Å². The van der Waals surface area contributed by atoms with Gasteiger partial charge in [0.05, 0.1) is 24.3 Å². The molecule has 2 aromatic rings. The van der Waals surface area contributed by atoms with Crippen LogP contribution in [0.3, 0.4) is 0 Å². The van der Waals surface area contributed by atoms with Gasteiger partial charge < -0.3 is 4.90 Å². The standard InChI is InChI=1S/C16H14FN3O/c1-3-9-20(11-14-6-4-5-12(2)19-14)16(21)13-7-8-15(17)18-10-13/h1,4-8,10H,9,11H2,2H3. The van der Waals surface area contributed by atoms with E-state index in [0.29, 0.717) is 12.1 Å². The van der Waals surface area contributed by atoms with Crippen molar-refractivity contribution in [1.82, 2.24) is 14.9 Å². The summed E-state index contributed by atoms with van der Waals surface area (Å²) in [4.78, 5) is 21.7. The molecule has 0 fully saturated rings. The van der Waals surface area contributed by atoms with Crippen molar-refractivity contribution in [3.8, 4) is 12.3 Å². The van der Waals surface area contributed by atoms with E-state index in [1.165, 1.54) is 17.2 Å². The Labute approximate surface area is 122 Å². The molecule has 2 heterocycles. The number of aromatic nitrogens is 2. The molecule has 2 aromatic heterocycles. The van der Waals surface area contributed by atoms with Gasteiger partial charge in [0, 0.05) is 11.9 Å². The highest BCUT2D eigenvalue weighted by Crippen LogP contribution is 2.09. The summed E-state index contributed by atoms with van der Waals surface area (Å²) in [6, 6.07) is 8.10. The molecular formula is C16H14FN3O. The number of carbonyl (C=O) groups is 1. The minimum Gasteiger partial charge on any atom is -0.322 e. The van der Waals surface area contributed by atoms with E-state index in [-0.39, 0.29) is 12.5 Å². The van der Waals surface area contributed by atoms with Crippen molar-refractivity contribution in [2.75, 3.05) is 6.54 Å². The van der Waals surface area contributed by atoms with Crippen LogP contribution in [0, 0.1) is 25.2 Å². The van der Waals surface area contributed by atoms with Crippen LogP contribution in [0.4, 0.5) is 4.39 Å². The molecule has 21 heavy (non-hydrogen) atoms. The highest BCUT2D eigenvalue weighted by molar-refractivity contribution is 5.94. The molecule has 5 heteroatoms. The molecule has 0 bridgehead atoms. The van der Waals surface area contributed by atoms with Crippen molar-refractivity contribution in [3.63, 3.8) is 0 Å². The lowest BCUT2D eigenvalue weighted by atomic mass is 10.2. The fraction of sp³-hybridized carbons (Fsp3) is 0.188. The predicted octanol–water partition coefficient (Wildman–Crippen LogP) is 2.20. The van der Waals surface area contributed by atoms with Crippen LogP contribution in [0.25, 0.3) is 0 Å². The highest BCUT2D eigenvalue weighted by atomic mass is 19.1. The Bertz CT molecular complexity index is 677. The maximum atomic E-state index is 12.8. The van der Waals surface area contributed by atoms with Crippen molar-refractivity contribution < 1.29 is 9.18 Å². The number of carbonyl (C=O) groups excluding carboxylic acids is 1. The normalized spacial score (nSPS) is 9.95. The summed E-state index contributed by atoms with van der Waals surface area (Å²) >= 11 is 0. The summed E-state index contributed by atoms with van der Waals surface area (Å²) in [6.45, 7) is 2.31. The molecule has 106 valence electrons. The largest absolute Gasteiger partial charge is 0.322 e. The second kappa shape index (κ2) is 6.62. The molecule has 0 N–H and O–H groups in total. The molecule has 0 unspecified atom stereocenters. The fourth-order valence-electron chi connectivity index (χ4n) is 1.88. The Morgan fingerprint density at radius 3 is 2.81 bits per heavy atom. The van der Waals surface area contributed by atoms with E-state index in [1.807, 2.05) is 25.1 Å². The number of rotatable bonds is 4. The topological polar surface area (TPSA) is 46.1 Å². The summed E-state index contributed by atoms with van der Waals surface area (Å²) in [5.41, 5.74) is 1.90. The molecule has 0 radical (unpaired) electrons. The first-order chi connectivity index (χ1) is 10.1. The Morgan fingerprint density at radius 1 is 1.38 bits per heavy atom. The zero-order valence-electron chi connectivity index (χ0n) is 11.6. The lowest BCUT2D eigenvalue weighted by Crippen LogP contribution is -2.31. The number of aryl methyl sites for hydroxylation is 1. The first kappa shape index (κ1) is 14.7. The minimum atomic E-state index is -0.629. The Balaban J connectivity index is 2.20. The van der Waals surface area contributed by atoms with Crippen molar-refractivity contribution in [2.24, 2.45) is 0 Å². The average Bonchev–Trinajstić information content (AvgIpc) is 2.47. The Hall–Kier alpha value is -2.74. The van der Waals surface area contributed by atoms with Gasteiger partial charge in [-0.05, 0) is 31.2 Å². The quantitative estimate of drug-likeness (QED) is 0.638. The molecule has 0 aliphatic heterocycles. The lowest BCUT2D eigenvalue weighted by molar-refractivity contribution is 0.0763. The van der Waals surface area contributed by atoms with Crippen molar-refractivity contribution in [1.29, 1.82) is 0 Å². The van der Waals surface area contributed by atoms with Gasteiger partial charge in [0.25, 0.3) is 5.91 Å². The summed E-state index contributed by atoms with van der Waals surface area (Å²) in [5, 5.41) is 0. The molecule has 0 aliphatic rings. The van der Waals surface area contributed by atoms with Gasteiger partial charge in [0.1, 0.15) is 0 Å². The lowest BCUT2D eigenvalue weighted by Gasteiger charge is -2.20. The fourth-order valence-corrected chi connectivity index (χ4v) is 1.88. The Kier molecular flexibility index (Phi) is 4.62. The molecule has 0 saturated heterocycles. The van der Waals surface area contributed by atoms with E-state index in [2.05, 4.69) is 15.9 Å². The van der Waals surface area contributed by atoms with Crippen molar-refractivity contribution >= 4 is 5.91 Å². The SMILES string of the molecule is C#CCN(Cc1cccc(C)n1)C(=O)c1ccc(F)nc1. The average molecular weight is 283 g/mol. The molecular weight excluding hydrogens is 269 g/mol. The maximum absolute atomic E-state index is 12.8. The monoisotopic (exact) mass is 283 g/mol. The number of halogens is 1. The zero-order valence-corrected chi connectivity index (χ0v) is 11.6. The summed E-state index contributed by atoms with van der Waals surface area (Å²) < 4.78 is 12.8. The molecule has 0 aliphatic carbocycles. The molecule has 0 aromatic carbocycles. The molecule has 1 amide bonds. The smallest absolute Gasteiger partial charge is 0.256 e. The Morgan fingerprint density at radius 2 is 2.19 bits per heavy atom. The molecule has 2 rings (SSSR count). The zero-order chi connectivity index (χ0) is 15.2. The van der Waals surface area contributed by atoms with E-state index in [9.17, 15) is 9.18 Å². The third kappa shape index (κ3) is 3.86. The summed E-state index contributed by atoms with van der Waals surface area (Å²) in [6.07, 6.45) is 6.51. The van der Waals surface area contributed by atoms with Crippen LogP contribution in [-0.2, 0) is 6.54 Å². The van der Waals surface area contributed by atoms with E-state index >= 15 is 0 Å². The van der Waals surface area contributed by atoms with Gasteiger partial charge in [-0.15, -0.1) is 6.42 Å². The van der Waals surface area contributed by atoms with Gasteiger partial charge >= 0.3 is 0 Å². The van der Waals surface area contributed by atoms with Gasteiger partial charge in [0.2, 0.25) is 5.95 Å². The number of pyridine rings is 2. The van der Waals surface area contributed by atoms with Crippen LogP contribution in [0.2, 0.25) is 0 Å². The second-order valence-corrected chi connectivity index (χ2v) is 4.51. The first-order valence-corrected chi connectivity index (χ1v) is 6.37. The van der Waals surface area contributed by atoms with Gasteiger partial charge in [-0.2, -0.15) is 4.39 Å². The second-order valence-electron chi connectivity index (χ2n) is 4.51. The van der Waals surface area contributed by atoms with Crippen molar-refractivity contribution in [2.45, 2.75) is 13.5 Å². The maximum Gasteiger partial charge on any atom is 0.256 e. The third-order valence-corrected chi connectivity index (χ3v) is 2.84. The first-order valence-electron chi connectivity index (χ1n) is 6.37. The van der Waals surface area contributed by atoms with E-state index in [1.54, 1.807) is 0 Å². The van der Waals surface area contributed by atoms with E-state index in [0.717, 1.165) is 17.5 Å². The highest BCUT2D eigenvalue weighted by Gasteiger charge is 2.16. The molecule has 4 nitrogen and oxygen atoms in total. The van der Waals surface area contributed by atoms with Crippen LogP contribution in [0.1, 0.15) is 21.7 Å². The number of hydrogen-bond acceptors (Lipinski definition) is 3. The summed E-state index contributed by atoms with van der Waals surface area (Å²) in [7, 11) is 0. The van der Waals surface area contributed by atoms with Crippen LogP contribution in [-0.4, -0.2) is 27.3 Å². The van der Waals surface area contributed by atoms with Crippen molar-refractivity contribution in [3.05, 3.63) is 59.4 Å².